The van der Waals surface area contributed by atoms with Crippen molar-refractivity contribution in [3.05, 3.63) is 65.5 Å². The van der Waals surface area contributed by atoms with Gasteiger partial charge in [-0.1, -0.05) is 24.3 Å². The predicted octanol–water partition coefficient (Wildman–Crippen LogP) is 2.13. The number of nitrogens with two attached hydrogens (primary N) is 1. The van der Waals surface area contributed by atoms with Crippen LogP contribution in [0, 0.1) is 5.82 Å². The highest BCUT2D eigenvalue weighted by Crippen LogP contribution is 2.12. The molecule has 0 saturated heterocycles. The third-order valence-electron chi connectivity index (χ3n) is 3.48. The standard InChI is InChI=1S/C18H18FN3O4/c1-22(10-13-5-2-3-8-15(13)19)16(23)11-26-17(24)12-6-4-7-14(9-12)21-18(20)25/h2-9H,10-11H2,1H3,(H3,20,21,25). The van der Waals surface area contributed by atoms with Gasteiger partial charge >= 0.3 is 12.0 Å². The maximum Gasteiger partial charge on any atom is 0.338 e. The number of urea groups is 1. The van der Waals surface area contributed by atoms with Gasteiger partial charge in [0.15, 0.2) is 6.61 Å². The molecule has 136 valence electrons. The van der Waals surface area contributed by atoms with Gasteiger partial charge in [-0.2, -0.15) is 0 Å². The smallest absolute Gasteiger partial charge is 0.338 e. The third kappa shape index (κ3) is 5.30. The van der Waals surface area contributed by atoms with Crippen LogP contribution in [0.1, 0.15) is 15.9 Å². The van der Waals surface area contributed by atoms with Crippen LogP contribution in [0.15, 0.2) is 48.5 Å². The average Bonchev–Trinajstić information content (AvgIpc) is 2.61. The van der Waals surface area contributed by atoms with Crippen molar-refractivity contribution in [1.82, 2.24) is 4.90 Å². The average molecular weight is 359 g/mol. The number of hydrogen-bond acceptors (Lipinski definition) is 4. The van der Waals surface area contributed by atoms with Crippen LogP contribution < -0.4 is 11.1 Å². The number of benzene rings is 2. The summed E-state index contributed by atoms with van der Waals surface area (Å²) in [6, 6.07) is 11.3. The minimum absolute atomic E-state index is 0.0566. The molecule has 0 radical (unpaired) electrons. The van der Waals surface area contributed by atoms with E-state index in [0.717, 1.165) is 0 Å². The van der Waals surface area contributed by atoms with Crippen molar-refractivity contribution >= 4 is 23.6 Å². The molecule has 3 N–H and O–H groups in total. The third-order valence-corrected chi connectivity index (χ3v) is 3.48. The van der Waals surface area contributed by atoms with Gasteiger partial charge in [0.05, 0.1) is 5.56 Å². The van der Waals surface area contributed by atoms with Crippen LogP contribution >= 0.6 is 0 Å². The van der Waals surface area contributed by atoms with E-state index in [2.05, 4.69) is 5.32 Å². The van der Waals surface area contributed by atoms with Crippen molar-refractivity contribution < 1.29 is 23.5 Å². The molecule has 0 aliphatic carbocycles. The normalized spacial score (nSPS) is 10.1. The molecule has 0 spiro atoms. The van der Waals surface area contributed by atoms with Gasteiger partial charge in [-0.3, -0.25) is 4.79 Å². The van der Waals surface area contributed by atoms with E-state index in [1.165, 1.54) is 36.2 Å². The second-order valence-corrected chi connectivity index (χ2v) is 5.49. The van der Waals surface area contributed by atoms with Gasteiger partial charge in [-0.15, -0.1) is 0 Å². The molecule has 0 aliphatic rings. The van der Waals surface area contributed by atoms with Gasteiger partial charge in [0.2, 0.25) is 0 Å². The van der Waals surface area contributed by atoms with Crippen LogP contribution in [0.5, 0.6) is 0 Å². The number of anilines is 1. The van der Waals surface area contributed by atoms with Crippen LogP contribution in [0.4, 0.5) is 14.9 Å². The lowest BCUT2D eigenvalue weighted by Crippen LogP contribution is -2.31. The molecule has 2 aromatic rings. The number of nitrogens with one attached hydrogen (secondary N) is 1. The van der Waals surface area contributed by atoms with Crippen molar-refractivity contribution in [3.8, 4) is 0 Å². The van der Waals surface area contributed by atoms with E-state index < -0.39 is 30.3 Å². The Hall–Kier alpha value is -3.42. The fourth-order valence-electron chi connectivity index (χ4n) is 2.16. The summed E-state index contributed by atoms with van der Waals surface area (Å²) in [7, 11) is 1.49. The van der Waals surface area contributed by atoms with E-state index in [0.29, 0.717) is 11.3 Å². The number of likely N-dealkylation sites (N-methyl/N-ethyl adjacent to an activating group) is 1. The first-order chi connectivity index (χ1) is 12.4. The maximum atomic E-state index is 13.6. The molecule has 3 amide bonds. The first-order valence-corrected chi connectivity index (χ1v) is 7.68. The maximum absolute atomic E-state index is 13.6. The summed E-state index contributed by atoms with van der Waals surface area (Å²) in [5.41, 5.74) is 5.86. The lowest BCUT2D eigenvalue weighted by molar-refractivity contribution is -0.133. The second-order valence-electron chi connectivity index (χ2n) is 5.49. The topological polar surface area (TPSA) is 102 Å². The van der Waals surface area contributed by atoms with E-state index in [1.807, 2.05) is 0 Å². The fraction of sp³-hybridized carbons (Fsp3) is 0.167. The van der Waals surface area contributed by atoms with Crippen molar-refractivity contribution in [2.24, 2.45) is 5.73 Å². The Morgan fingerprint density at radius 3 is 2.58 bits per heavy atom. The van der Waals surface area contributed by atoms with Gasteiger partial charge < -0.3 is 20.7 Å². The van der Waals surface area contributed by atoms with Gasteiger partial charge in [-0.25, -0.2) is 14.0 Å². The van der Waals surface area contributed by atoms with Gasteiger partial charge in [0, 0.05) is 24.8 Å². The van der Waals surface area contributed by atoms with E-state index in [4.69, 9.17) is 10.5 Å². The summed E-state index contributed by atoms with van der Waals surface area (Å²) in [5.74, 6) is -1.62. The Morgan fingerprint density at radius 2 is 1.88 bits per heavy atom. The molecule has 8 heteroatoms. The van der Waals surface area contributed by atoms with Crippen molar-refractivity contribution in [3.63, 3.8) is 0 Å². The molecule has 7 nitrogen and oxygen atoms in total. The van der Waals surface area contributed by atoms with Crippen LogP contribution in [-0.2, 0) is 16.1 Å². The molecule has 0 saturated carbocycles. The number of hydrogen-bond donors (Lipinski definition) is 2. The number of ether oxygens (including phenoxy) is 1. The van der Waals surface area contributed by atoms with Crippen molar-refractivity contribution in [1.29, 1.82) is 0 Å². The first kappa shape index (κ1) is 18.9. The summed E-state index contributed by atoms with van der Waals surface area (Å²) < 4.78 is 18.6. The quantitative estimate of drug-likeness (QED) is 0.772. The summed E-state index contributed by atoms with van der Waals surface area (Å²) in [6.07, 6.45) is 0. The largest absolute Gasteiger partial charge is 0.452 e. The molecule has 0 heterocycles. The highest BCUT2D eigenvalue weighted by molar-refractivity contribution is 5.94. The van der Waals surface area contributed by atoms with Gasteiger partial charge in [0.25, 0.3) is 5.91 Å². The molecular formula is C18H18FN3O4. The Balaban J connectivity index is 1.91. The molecule has 0 atom stereocenters. The summed E-state index contributed by atoms with van der Waals surface area (Å²) in [5, 5.41) is 2.34. The number of carbonyl (C=O) groups excluding carboxylic acids is 3. The first-order valence-electron chi connectivity index (χ1n) is 7.68. The Morgan fingerprint density at radius 1 is 1.15 bits per heavy atom. The molecular weight excluding hydrogens is 341 g/mol. The lowest BCUT2D eigenvalue weighted by atomic mass is 10.2. The number of amides is 3. The second kappa shape index (κ2) is 8.61. The van der Waals surface area contributed by atoms with E-state index in [-0.39, 0.29) is 12.1 Å². The Kier molecular flexibility index (Phi) is 6.26. The molecule has 2 aromatic carbocycles. The summed E-state index contributed by atoms with van der Waals surface area (Å²) in [4.78, 5) is 36.2. The number of nitrogens with zero attached hydrogens (tertiary/aromatic N) is 1. The zero-order valence-corrected chi connectivity index (χ0v) is 14.1. The van der Waals surface area contributed by atoms with E-state index in [1.54, 1.807) is 24.3 Å². The highest BCUT2D eigenvalue weighted by atomic mass is 19.1. The van der Waals surface area contributed by atoms with Gasteiger partial charge in [0.1, 0.15) is 5.82 Å². The highest BCUT2D eigenvalue weighted by Gasteiger charge is 2.15. The van der Waals surface area contributed by atoms with Crippen LogP contribution in [-0.4, -0.2) is 36.5 Å². The Bertz CT molecular complexity index is 826. The van der Waals surface area contributed by atoms with E-state index >= 15 is 0 Å². The molecule has 2 rings (SSSR count). The number of esters is 1. The molecule has 0 unspecified atom stereocenters. The van der Waals surface area contributed by atoms with Crippen LogP contribution in [0.2, 0.25) is 0 Å². The van der Waals surface area contributed by atoms with Crippen molar-refractivity contribution in [2.75, 3.05) is 19.0 Å². The summed E-state index contributed by atoms with van der Waals surface area (Å²) in [6.45, 7) is -0.432. The monoisotopic (exact) mass is 359 g/mol. The minimum Gasteiger partial charge on any atom is -0.452 e. The zero-order chi connectivity index (χ0) is 19.1. The van der Waals surface area contributed by atoms with Crippen LogP contribution in [0.25, 0.3) is 0 Å². The molecule has 26 heavy (non-hydrogen) atoms. The molecule has 0 aromatic heterocycles. The fourth-order valence-corrected chi connectivity index (χ4v) is 2.16. The number of carbonyl (C=O) groups is 3. The van der Waals surface area contributed by atoms with Crippen LogP contribution in [0.3, 0.4) is 0 Å². The summed E-state index contributed by atoms with van der Waals surface area (Å²) >= 11 is 0. The molecule has 0 fully saturated rings. The number of primary amides is 1. The van der Waals surface area contributed by atoms with Crippen molar-refractivity contribution in [2.45, 2.75) is 6.54 Å². The minimum atomic E-state index is -0.763. The zero-order valence-electron chi connectivity index (χ0n) is 14.1. The van der Waals surface area contributed by atoms with E-state index in [9.17, 15) is 18.8 Å². The number of halogens is 1. The molecule has 0 aliphatic heterocycles. The number of rotatable bonds is 6. The lowest BCUT2D eigenvalue weighted by Gasteiger charge is -2.17. The molecule has 0 bridgehead atoms. The predicted molar refractivity (Wildman–Crippen MR) is 92.8 cm³/mol. The Labute approximate surface area is 149 Å². The SMILES string of the molecule is CN(Cc1ccccc1F)C(=O)COC(=O)c1cccc(NC(N)=O)c1. The van der Waals surface area contributed by atoms with Gasteiger partial charge in [-0.05, 0) is 24.3 Å².